The number of hydrogen-bond donors (Lipinski definition) is 2. The Labute approximate surface area is 221 Å². The molecule has 0 saturated carbocycles. The van der Waals surface area contributed by atoms with E-state index in [2.05, 4.69) is 38.2 Å². The predicted molar refractivity (Wildman–Crippen MR) is 151 cm³/mol. The second kappa shape index (κ2) is 10.1. The molecule has 0 radical (unpaired) electrons. The Morgan fingerprint density at radius 1 is 0.947 bits per heavy atom. The second-order valence-electron chi connectivity index (χ2n) is 9.78. The van der Waals surface area contributed by atoms with Crippen molar-refractivity contribution >= 4 is 16.6 Å². The molecule has 3 aromatic carbocycles. The number of hydrogen-bond acceptors (Lipinski definition) is 6. The molecule has 0 atom stereocenters. The zero-order chi connectivity index (χ0) is 26.1. The van der Waals surface area contributed by atoms with Crippen LogP contribution in [0.3, 0.4) is 0 Å². The van der Waals surface area contributed by atoms with Crippen molar-refractivity contribution in [3.8, 4) is 39.7 Å². The molecule has 0 saturated heterocycles. The van der Waals surface area contributed by atoms with Crippen molar-refractivity contribution in [3.63, 3.8) is 0 Å². The summed E-state index contributed by atoms with van der Waals surface area (Å²) in [6.07, 6.45) is 3.43. The Kier molecular flexibility index (Phi) is 6.35. The second-order valence-corrected chi connectivity index (χ2v) is 9.78. The Morgan fingerprint density at radius 3 is 2.58 bits per heavy atom. The average molecular weight is 504 g/mol. The van der Waals surface area contributed by atoms with Crippen LogP contribution in [0.5, 0.6) is 5.75 Å². The normalized spacial score (nSPS) is 13.9. The summed E-state index contributed by atoms with van der Waals surface area (Å²) >= 11 is 0. The van der Waals surface area contributed by atoms with Gasteiger partial charge in [-0.1, -0.05) is 35.5 Å². The number of para-hydroxylation sites is 1. The number of H-pyrrole nitrogens is 1. The number of nitrogens with one attached hydrogen (secondary N) is 1. The third kappa shape index (κ3) is 4.53. The molecule has 1 aliphatic rings. The molecule has 0 fully saturated rings. The standard InChI is InChI=1S/C31H29N5O2/c1-36(2)17-18-38-23-11-7-20(8-12-23)31-33-29(22-9-13-24-21(19-22)10-14-28(24)35-37)30(34-31)26-15-16-32-27-6-4-3-5-25(26)27/h3-9,11-13,15-16,19,37H,10,14,17-18H2,1-2H3,(H,33,34)/b35-28+. The highest BCUT2D eigenvalue weighted by Crippen LogP contribution is 2.38. The summed E-state index contributed by atoms with van der Waals surface area (Å²) in [7, 11) is 4.06. The van der Waals surface area contributed by atoms with Gasteiger partial charge >= 0.3 is 0 Å². The summed E-state index contributed by atoms with van der Waals surface area (Å²) in [5.74, 6) is 1.62. The Bertz CT molecular complexity index is 1630. The molecule has 2 aromatic heterocycles. The number of benzene rings is 3. The Balaban J connectivity index is 1.44. The van der Waals surface area contributed by atoms with Gasteiger partial charge in [0.05, 0.1) is 22.6 Å². The minimum absolute atomic E-state index is 0.636. The van der Waals surface area contributed by atoms with Crippen LogP contribution in [-0.4, -0.2) is 58.0 Å². The SMILES string of the molecule is CN(C)CCOc1ccc(-c2nc(-c3ccc4c(c3)CC/C4=N\O)c(-c3ccnc4ccccc34)[nH]2)cc1. The minimum atomic E-state index is 0.636. The van der Waals surface area contributed by atoms with E-state index < -0.39 is 0 Å². The Morgan fingerprint density at radius 2 is 1.76 bits per heavy atom. The molecule has 0 bridgehead atoms. The molecule has 2 N–H and O–H groups in total. The first-order valence-electron chi connectivity index (χ1n) is 12.8. The zero-order valence-electron chi connectivity index (χ0n) is 21.5. The number of imidazole rings is 1. The molecule has 0 spiro atoms. The molecule has 0 amide bonds. The molecule has 2 heterocycles. The summed E-state index contributed by atoms with van der Waals surface area (Å²) < 4.78 is 5.88. The number of rotatable bonds is 7. The van der Waals surface area contributed by atoms with Gasteiger partial charge in [-0.15, -0.1) is 0 Å². The van der Waals surface area contributed by atoms with Gasteiger partial charge < -0.3 is 19.8 Å². The van der Waals surface area contributed by atoms with Crippen molar-refractivity contribution in [1.29, 1.82) is 0 Å². The fourth-order valence-electron chi connectivity index (χ4n) is 5.00. The van der Waals surface area contributed by atoms with Crippen LogP contribution in [0.25, 0.3) is 44.8 Å². The molecule has 190 valence electrons. The van der Waals surface area contributed by atoms with Crippen LogP contribution in [0.2, 0.25) is 0 Å². The van der Waals surface area contributed by atoms with E-state index in [1.807, 2.05) is 74.9 Å². The summed E-state index contributed by atoms with van der Waals surface area (Å²) in [5.41, 5.74) is 8.71. The fraction of sp³-hybridized carbons (Fsp3) is 0.194. The van der Waals surface area contributed by atoms with E-state index in [0.29, 0.717) is 6.61 Å². The first-order valence-corrected chi connectivity index (χ1v) is 12.8. The fourth-order valence-corrected chi connectivity index (χ4v) is 5.00. The van der Waals surface area contributed by atoms with Crippen molar-refractivity contribution in [2.45, 2.75) is 12.8 Å². The topological polar surface area (TPSA) is 86.6 Å². The Hall–Kier alpha value is -4.49. The first kappa shape index (κ1) is 23.9. The summed E-state index contributed by atoms with van der Waals surface area (Å²) in [4.78, 5) is 15.4. The molecular formula is C31H29N5O2. The van der Waals surface area contributed by atoms with Crippen molar-refractivity contribution in [2.75, 3.05) is 27.2 Å². The smallest absolute Gasteiger partial charge is 0.138 e. The number of nitrogens with zero attached hydrogens (tertiary/aromatic N) is 4. The minimum Gasteiger partial charge on any atom is -0.492 e. The number of aromatic amines is 1. The number of fused-ring (bicyclic) bond motifs is 2. The van der Waals surface area contributed by atoms with Gasteiger partial charge in [0, 0.05) is 40.4 Å². The highest BCUT2D eigenvalue weighted by Gasteiger charge is 2.22. The number of aromatic nitrogens is 3. The van der Waals surface area contributed by atoms with Crippen molar-refractivity contribution in [1.82, 2.24) is 19.9 Å². The van der Waals surface area contributed by atoms with E-state index >= 15 is 0 Å². The number of oxime groups is 1. The van der Waals surface area contributed by atoms with Crippen LogP contribution in [0.1, 0.15) is 17.5 Å². The van der Waals surface area contributed by atoms with Gasteiger partial charge in [-0.25, -0.2) is 4.98 Å². The largest absolute Gasteiger partial charge is 0.492 e. The molecule has 0 aliphatic heterocycles. The van der Waals surface area contributed by atoms with Crippen LogP contribution in [0, 0.1) is 0 Å². The quantitative estimate of drug-likeness (QED) is 0.209. The van der Waals surface area contributed by atoms with Crippen LogP contribution < -0.4 is 4.74 Å². The maximum atomic E-state index is 9.37. The molecule has 5 aromatic rings. The van der Waals surface area contributed by atoms with E-state index in [9.17, 15) is 5.21 Å². The van der Waals surface area contributed by atoms with Crippen LogP contribution in [-0.2, 0) is 6.42 Å². The van der Waals surface area contributed by atoms with E-state index in [4.69, 9.17) is 9.72 Å². The molecule has 1 aliphatic carbocycles. The number of ether oxygens (including phenoxy) is 1. The maximum absolute atomic E-state index is 9.37. The number of likely N-dealkylation sites (N-methyl/N-ethyl adjacent to an activating group) is 1. The summed E-state index contributed by atoms with van der Waals surface area (Å²) in [6, 6.07) is 24.5. The lowest BCUT2D eigenvalue weighted by molar-refractivity contribution is 0.261. The van der Waals surface area contributed by atoms with Crippen LogP contribution in [0.4, 0.5) is 0 Å². The van der Waals surface area contributed by atoms with Crippen LogP contribution in [0.15, 0.2) is 84.1 Å². The lowest BCUT2D eigenvalue weighted by atomic mass is 9.99. The third-order valence-electron chi connectivity index (χ3n) is 7.00. The van der Waals surface area contributed by atoms with Crippen molar-refractivity contribution in [3.05, 3.63) is 90.1 Å². The van der Waals surface area contributed by atoms with E-state index in [-0.39, 0.29) is 0 Å². The molecule has 0 unspecified atom stereocenters. The lowest BCUT2D eigenvalue weighted by Crippen LogP contribution is -2.19. The molecule has 6 rings (SSSR count). The highest BCUT2D eigenvalue weighted by molar-refractivity contribution is 6.05. The van der Waals surface area contributed by atoms with E-state index in [0.717, 1.165) is 81.2 Å². The van der Waals surface area contributed by atoms with Gasteiger partial charge in [-0.2, -0.15) is 0 Å². The average Bonchev–Trinajstić information content (AvgIpc) is 3.57. The van der Waals surface area contributed by atoms with E-state index in [1.165, 1.54) is 5.56 Å². The summed E-state index contributed by atoms with van der Waals surface area (Å²) in [6.45, 7) is 1.50. The van der Waals surface area contributed by atoms with E-state index in [1.54, 1.807) is 0 Å². The monoisotopic (exact) mass is 503 g/mol. The van der Waals surface area contributed by atoms with Crippen LogP contribution >= 0.6 is 0 Å². The molecule has 7 heteroatoms. The maximum Gasteiger partial charge on any atom is 0.138 e. The number of aryl methyl sites for hydroxylation is 1. The highest BCUT2D eigenvalue weighted by atomic mass is 16.5. The van der Waals surface area contributed by atoms with Gasteiger partial charge in [0.15, 0.2) is 0 Å². The van der Waals surface area contributed by atoms with Gasteiger partial charge in [0.2, 0.25) is 0 Å². The molecule has 7 nitrogen and oxygen atoms in total. The molecular weight excluding hydrogens is 474 g/mol. The number of pyridine rings is 1. The van der Waals surface area contributed by atoms with Gasteiger partial charge in [0.1, 0.15) is 18.2 Å². The van der Waals surface area contributed by atoms with Crippen molar-refractivity contribution in [2.24, 2.45) is 5.16 Å². The first-order chi connectivity index (χ1) is 18.6. The van der Waals surface area contributed by atoms with Gasteiger partial charge in [0.25, 0.3) is 0 Å². The van der Waals surface area contributed by atoms with Gasteiger partial charge in [-0.3, -0.25) is 4.98 Å². The third-order valence-corrected chi connectivity index (χ3v) is 7.00. The van der Waals surface area contributed by atoms with Gasteiger partial charge in [-0.05, 0) is 75.0 Å². The predicted octanol–water partition coefficient (Wildman–Crippen LogP) is 6.02. The van der Waals surface area contributed by atoms with Crippen molar-refractivity contribution < 1.29 is 9.94 Å². The zero-order valence-corrected chi connectivity index (χ0v) is 21.5. The summed E-state index contributed by atoms with van der Waals surface area (Å²) in [5, 5.41) is 13.9. The lowest BCUT2D eigenvalue weighted by Gasteiger charge is -2.11. The molecule has 38 heavy (non-hydrogen) atoms.